The van der Waals surface area contributed by atoms with E-state index in [0.29, 0.717) is 25.4 Å². The Bertz CT molecular complexity index is 458. The van der Waals surface area contributed by atoms with E-state index in [9.17, 15) is 4.79 Å². The molecular weight excluding hydrogens is 246 g/mol. The van der Waals surface area contributed by atoms with Crippen LogP contribution in [0.3, 0.4) is 0 Å². The molecule has 0 unspecified atom stereocenters. The molecule has 2 rings (SSSR count). The summed E-state index contributed by atoms with van der Waals surface area (Å²) in [6.07, 6.45) is -0.949. The van der Waals surface area contributed by atoms with Crippen molar-refractivity contribution in [1.82, 2.24) is 4.90 Å². The summed E-state index contributed by atoms with van der Waals surface area (Å²) >= 11 is 0. The third-order valence-electron chi connectivity index (χ3n) is 3.19. The largest absolute Gasteiger partial charge is 0.465 e. The van der Waals surface area contributed by atoms with E-state index in [1.165, 1.54) is 4.90 Å². The van der Waals surface area contributed by atoms with Crippen LogP contribution in [-0.2, 0) is 11.3 Å². The van der Waals surface area contributed by atoms with E-state index >= 15 is 0 Å². The molecule has 3 N–H and O–H groups in total. The molecule has 0 spiro atoms. The van der Waals surface area contributed by atoms with Crippen LogP contribution in [0.5, 0.6) is 0 Å². The van der Waals surface area contributed by atoms with E-state index in [1.54, 1.807) is 7.05 Å². The molecule has 1 aliphatic heterocycles. The molecule has 1 fully saturated rings. The van der Waals surface area contributed by atoms with Gasteiger partial charge in [0.05, 0.1) is 19.8 Å². The van der Waals surface area contributed by atoms with Crippen molar-refractivity contribution in [3.8, 4) is 0 Å². The Balaban J connectivity index is 2.24. The normalized spacial score (nSPS) is 15.3. The summed E-state index contributed by atoms with van der Waals surface area (Å²) in [4.78, 5) is 14.4. The van der Waals surface area contributed by atoms with Crippen LogP contribution in [0.2, 0.25) is 0 Å². The quantitative estimate of drug-likeness (QED) is 0.803. The van der Waals surface area contributed by atoms with E-state index in [4.69, 9.17) is 15.6 Å². The zero-order chi connectivity index (χ0) is 13.8. The van der Waals surface area contributed by atoms with E-state index in [-0.39, 0.29) is 0 Å². The number of carboxylic acid groups (broad SMARTS) is 1. The monoisotopic (exact) mass is 265 g/mol. The minimum absolute atomic E-state index is 0.326. The highest BCUT2D eigenvalue weighted by molar-refractivity contribution is 5.66. The lowest BCUT2D eigenvalue weighted by Gasteiger charge is -2.31. The fourth-order valence-corrected chi connectivity index (χ4v) is 2.17. The first-order valence-electron chi connectivity index (χ1n) is 6.23. The number of hydrogen-bond acceptors (Lipinski definition) is 4. The molecular formula is C13H19N3O3. The van der Waals surface area contributed by atoms with Crippen molar-refractivity contribution in [2.45, 2.75) is 6.54 Å². The third-order valence-corrected chi connectivity index (χ3v) is 3.19. The Labute approximate surface area is 112 Å². The average Bonchev–Trinajstić information content (AvgIpc) is 2.39. The lowest BCUT2D eigenvalue weighted by molar-refractivity contribution is 0.122. The Morgan fingerprint density at radius 1 is 1.47 bits per heavy atom. The lowest BCUT2D eigenvalue weighted by atomic mass is 10.1. The van der Waals surface area contributed by atoms with Gasteiger partial charge in [-0.15, -0.1) is 0 Å². The summed E-state index contributed by atoms with van der Waals surface area (Å²) in [5, 5.41) is 8.97. The van der Waals surface area contributed by atoms with Gasteiger partial charge in [-0.2, -0.15) is 0 Å². The number of morpholine rings is 1. The summed E-state index contributed by atoms with van der Waals surface area (Å²) in [7, 11) is 1.55. The predicted octanol–water partition coefficient (Wildman–Crippen LogP) is 1.22. The Hall–Kier alpha value is -1.95. The molecule has 0 aliphatic carbocycles. The van der Waals surface area contributed by atoms with Gasteiger partial charge < -0.3 is 25.4 Å². The van der Waals surface area contributed by atoms with Gasteiger partial charge in [0.2, 0.25) is 0 Å². The summed E-state index contributed by atoms with van der Waals surface area (Å²) < 4.78 is 5.33. The van der Waals surface area contributed by atoms with E-state index < -0.39 is 6.09 Å². The molecule has 1 saturated heterocycles. The van der Waals surface area contributed by atoms with E-state index in [2.05, 4.69) is 4.90 Å². The average molecular weight is 265 g/mol. The molecule has 1 heterocycles. The molecule has 0 saturated carbocycles. The minimum Gasteiger partial charge on any atom is -0.465 e. The fourth-order valence-electron chi connectivity index (χ4n) is 2.17. The van der Waals surface area contributed by atoms with Gasteiger partial charge in [-0.3, -0.25) is 0 Å². The molecule has 6 heteroatoms. The van der Waals surface area contributed by atoms with Crippen LogP contribution in [0, 0.1) is 0 Å². The van der Waals surface area contributed by atoms with Gasteiger partial charge >= 0.3 is 6.09 Å². The van der Waals surface area contributed by atoms with Crippen LogP contribution in [0.4, 0.5) is 16.2 Å². The highest BCUT2D eigenvalue weighted by Gasteiger charge is 2.17. The summed E-state index contributed by atoms with van der Waals surface area (Å²) in [5.74, 6) is 0. The molecule has 1 aromatic rings. The third kappa shape index (κ3) is 3.29. The van der Waals surface area contributed by atoms with Gasteiger partial charge in [0.1, 0.15) is 0 Å². The highest BCUT2D eigenvalue weighted by Crippen LogP contribution is 2.25. The number of hydrogen-bond donors (Lipinski definition) is 2. The zero-order valence-corrected chi connectivity index (χ0v) is 11.0. The number of nitrogens with two attached hydrogens (primary N) is 1. The molecule has 1 aliphatic rings. The van der Waals surface area contributed by atoms with Gasteiger partial charge in [-0.1, -0.05) is 0 Å². The highest BCUT2D eigenvalue weighted by atomic mass is 16.5. The second-order valence-corrected chi connectivity index (χ2v) is 4.63. The van der Waals surface area contributed by atoms with Crippen molar-refractivity contribution in [3.63, 3.8) is 0 Å². The van der Waals surface area contributed by atoms with Gasteiger partial charge in [0, 0.05) is 31.5 Å². The second-order valence-electron chi connectivity index (χ2n) is 4.63. The van der Waals surface area contributed by atoms with Crippen LogP contribution in [0.25, 0.3) is 0 Å². The van der Waals surface area contributed by atoms with Crippen LogP contribution >= 0.6 is 0 Å². The number of ether oxygens (including phenoxy) is 1. The van der Waals surface area contributed by atoms with Crippen molar-refractivity contribution in [2.24, 2.45) is 0 Å². The first kappa shape index (κ1) is 13.5. The first-order valence-corrected chi connectivity index (χ1v) is 6.23. The number of amides is 1. The standard InChI is InChI=1S/C13H19N3O3/c1-15(13(17)18)9-10-8-11(14)2-3-12(10)16-4-6-19-7-5-16/h2-3,8H,4-7,9,14H2,1H3,(H,17,18). The lowest BCUT2D eigenvalue weighted by Crippen LogP contribution is -2.37. The van der Waals surface area contributed by atoms with Gasteiger partial charge in [-0.25, -0.2) is 4.79 Å². The fraction of sp³-hybridized carbons (Fsp3) is 0.462. The molecule has 0 atom stereocenters. The van der Waals surface area contributed by atoms with Crippen LogP contribution in [-0.4, -0.2) is 49.5 Å². The Kier molecular flexibility index (Phi) is 4.11. The van der Waals surface area contributed by atoms with Gasteiger partial charge in [0.15, 0.2) is 0 Å². The molecule has 0 aromatic heterocycles. The van der Waals surface area contributed by atoms with E-state index in [0.717, 1.165) is 24.3 Å². The molecule has 19 heavy (non-hydrogen) atoms. The van der Waals surface area contributed by atoms with Crippen molar-refractivity contribution in [1.29, 1.82) is 0 Å². The Morgan fingerprint density at radius 3 is 2.79 bits per heavy atom. The summed E-state index contributed by atoms with van der Waals surface area (Å²) in [5.41, 5.74) is 8.40. The molecule has 1 aromatic carbocycles. The first-order chi connectivity index (χ1) is 9.08. The Morgan fingerprint density at radius 2 is 2.16 bits per heavy atom. The van der Waals surface area contributed by atoms with Crippen molar-refractivity contribution in [3.05, 3.63) is 23.8 Å². The number of carbonyl (C=O) groups is 1. The van der Waals surface area contributed by atoms with Gasteiger partial charge in [0.25, 0.3) is 0 Å². The minimum atomic E-state index is -0.949. The molecule has 0 bridgehead atoms. The smallest absolute Gasteiger partial charge is 0.407 e. The summed E-state index contributed by atoms with van der Waals surface area (Å²) in [6.45, 7) is 3.34. The summed E-state index contributed by atoms with van der Waals surface area (Å²) in [6, 6.07) is 5.63. The maximum absolute atomic E-state index is 10.9. The van der Waals surface area contributed by atoms with Crippen molar-refractivity contribution < 1.29 is 14.6 Å². The topological polar surface area (TPSA) is 79.0 Å². The maximum atomic E-state index is 10.9. The second kappa shape index (κ2) is 5.79. The molecule has 104 valence electrons. The van der Waals surface area contributed by atoms with Crippen LogP contribution in [0.1, 0.15) is 5.56 Å². The molecule has 1 amide bonds. The number of nitrogen functional groups attached to an aromatic ring is 1. The van der Waals surface area contributed by atoms with Crippen LogP contribution in [0.15, 0.2) is 18.2 Å². The predicted molar refractivity (Wildman–Crippen MR) is 73.4 cm³/mol. The maximum Gasteiger partial charge on any atom is 0.407 e. The molecule has 0 radical (unpaired) electrons. The van der Waals surface area contributed by atoms with E-state index in [1.807, 2.05) is 18.2 Å². The van der Waals surface area contributed by atoms with Crippen molar-refractivity contribution >= 4 is 17.5 Å². The van der Waals surface area contributed by atoms with Crippen LogP contribution < -0.4 is 10.6 Å². The van der Waals surface area contributed by atoms with Gasteiger partial charge in [-0.05, 0) is 23.8 Å². The number of rotatable bonds is 3. The number of nitrogens with zero attached hydrogens (tertiary/aromatic N) is 2. The number of benzene rings is 1. The van der Waals surface area contributed by atoms with Crippen molar-refractivity contribution in [2.75, 3.05) is 44.0 Å². The number of anilines is 2. The molecule has 6 nitrogen and oxygen atoms in total. The zero-order valence-electron chi connectivity index (χ0n) is 11.0. The SMILES string of the molecule is CN(Cc1cc(N)ccc1N1CCOCC1)C(=O)O.